The topological polar surface area (TPSA) is 9.23 Å². The van der Waals surface area contributed by atoms with Crippen molar-refractivity contribution in [3.8, 4) is 16.9 Å². The zero-order valence-electron chi connectivity index (χ0n) is 9.31. The van der Waals surface area contributed by atoms with Crippen LogP contribution in [0.1, 0.15) is 0 Å². The molecule has 0 unspecified atom stereocenters. The molecule has 1 nitrogen and oxygen atoms in total. The van der Waals surface area contributed by atoms with E-state index in [4.69, 9.17) is 16.3 Å². The van der Waals surface area contributed by atoms with Crippen LogP contribution in [0.25, 0.3) is 11.1 Å². The van der Waals surface area contributed by atoms with Gasteiger partial charge in [0.15, 0.2) is 0 Å². The van der Waals surface area contributed by atoms with E-state index in [1.807, 2.05) is 22.6 Å². The second kappa shape index (κ2) is 5.40. The van der Waals surface area contributed by atoms with Gasteiger partial charge >= 0.3 is 0 Å². The number of hydrogen-bond acceptors (Lipinski definition) is 1. The lowest BCUT2D eigenvalue weighted by Gasteiger charge is -2.09. The predicted molar refractivity (Wildman–Crippen MR) is 76.1 cm³/mol. The van der Waals surface area contributed by atoms with Crippen LogP contribution in [-0.4, -0.2) is 7.11 Å². The Morgan fingerprint density at radius 3 is 2.44 bits per heavy atom. The molecule has 0 radical (unpaired) electrons. The van der Waals surface area contributed by atoms with Crippen LogP contribution >= 0.6 is 34.2 Å². The van der Waals surface area contributed by atoms with E-state index in [1.54, 1.807) is 0 Å². The zero-order valence-corrected chi connectivity index (χ0v) is 12.2. The van der Waals surface area contributed by atoms with Gasteiger partial charge in [0.1, 0.15) is 17.4 Å². The van der Waals surface area contributed by atoms with Crippen molar-refractivity contribution in [1.82, 2.24) is 0 Å². The van der Waals surface area contributed by atoms with E-state index in [1.165, 1.54) is 37.4 Å². The normalized spacial score (nSPS) is 10.5. The molecule has 0 heterocycles. The van der Waals surface area contributed by atoms with Gasteiger partial charge in [-0.2, -0.15) is 0 Å². The highest BCUT2D eigenvalue weighted by Crippen LogP contribution is 2.32. The van der Waals surface area contributed by atoms with Crippen molar-refractivity contribution in [2.24, 2.45) is 0 Å². The summed E-state index contributed by atoms with van der Waals surface area (Å²) >= 11 is 7.73. The first-order chi connectivity index (χ1) is 8.51. The Balaban J connectivity index is 2.62. The summed E-state index contributed by atoms with van der Waals surface area (Å²) in [6.45, 7) is 0. The van der Waals surface area contributed by atoms with Gasteiger partial charge in [-0.25, -0.2) is 8.78 Å². The largest absolute Gasteiger partial charge is 0.496 e. The Morgan fingerprint density at radius 2 is 1.83 bits per heavy atom. The molecule has 0 aliphatic rings. The maximum absolute atomic E-state index is 13.9. The summed E-state index contributed by atoms with van der Waals surface area (Å²) in [6.07, 6.45) is 0. The molecule has 0 N–H and O–H groups in total. The van der Waals surface area contributed by atoms with Crippen molar-refractivity contribution in [1.29, 1.82) is 0 Å². The Bertz CT molecular complexity index is 582. The van der Waals surface area contributed by atoms with Gasteiger partial charge in [-0.15, -0.1) is 0 Å². The Kier molecular flexibility index (Phi) is 4.07. The molecular weight excluding hydrogens is 372 g/mol. The SMILES string of the molecule is COc1cc(-c2cc(F)cc(Cl)c2)c(F)cc1I. The fourth-order valence-corrected chi connectivity index (χ4v) is 2.49. The maximum atomic E-state index is 13.9. The molecule has 18 heavy (non-hydrogen) atoms. The van der Waals surface area contributed by atoms with E-state index < -0.39 is 11.6 Å². The molecule has 2 rings (SSSR count). The summed E-state index contributed by atoms with van der Waals surface area (Å²) in [7, 11) is 1.50. The summed E-state index contributed by atoms with van der Waals surface area (Å²) in [4.78, 5) is 0. The number of rotatable bonds is 2. The number of methoxy groups -OCH3 is 1. The van der Waals surface area contributed by atoms with Crippen molar-refractivity contribution in [2.45, 2.75) is 0 Å². The minimum atomic E-state index is -0.505. The minimum absolute atomic E-state index is 0.224. The average molecular weight is 381 g/mol. The second-order valence-electron chi connectivity index (χ2n) is 3.62. The molecule has 0 atom stereocenters. The minimum Gasteiger partial charge on any atom is -0.496 e. The molecule has 0 saturated carbocycles. The Morgan fingerprint density at radius 1 is 1.11 bits per heavy atom. The molecule has 0 aromatic heterocycles. The van der Waals surface area contributed by atoms with Crippen LogP contribution in [0.2, 0.25) is 5.02 Å². The zero-order chi connectivity index (χ0) is 13.3. The molecular formula is C13H8ClF2IO. The van der Waals surface area contributed by atoms with Crippen LogP contribution in [0.4, 0.5) is 8.78 Å². The molecule has 0 spiro atoms. The van der Waals surface area contributed by atoms with Crippen LogP contribution in [0.3, 0.4) is 0 Å². The summed E-state index contributed by atoms with van der Waals surface area (Å²) in [6, 6.07) is 6.79. The first-order valence-corrected chi connectivity index (χ1v) is 6.46. The number of hydrogen-bond donors (Lipinski definition) is 0. The lowest BCUT2D eigenvalue weighted by atomic mass is 10.0. The van der Waals surface area contributed by atoms with Gasteiger partial charge < -0.3 is 4.74 Å². The lowest BCUT2D eigenvalue weighted by Crippen LogP contribution is -1.92. The molecule has 94 valence electrons. The summed E-state index contributed by atoms with van der Waals surface area (Å²) in [5, 5.41) is 0.224. The van der Waals surface area contributed by atoms with Crippen molar-refractivity contribution in [3.63, 3.8) is 0 Å². The van der Waals surface area contributed by atoms with Gasteiger partial charge in [0, 0.05) is 10.6 Å². The molecule has 0 saturated heterocycles. The van der Waals surface area contributed by atoms with Crippen molar-refractivity contribution < 1.29 is 13.5 Å². The average Bonchev–Trinajstić information content (AvgIpc) is 2.27. The number of halogens is 4. The molecule has 0 bridgehead atoms. The van der Waals surface area contributed by atoms with Crippen LogP contribution in [-0.2, 0) is 0 Å². The summed E-state index contributed by atoms with van der Waals surface area (Å²) < 4.78 is 32.9. The van der Waals surface area contributed by atoms with Crippen LogP contribution in [0, 0.1) is 15.2 Å². The molecule has 0 fully saturated rings. The fourth-order valence-electron chi connectivity index (χ4n) is 1.62. The molecule has 0 aliphatic carbocycles. The van der Waals surface area contributed by atoms with Gasteiger partial charge in [0.25, 0.3) is 0 Å². The highest BCUT2D eigenvalue weighted by atomic mass is 127. The highest BCUT2D eigenvalue weighted by Gasteiger charge is 2.12. The summed E-state index contributed by atoms with van der Waals surface area (Å²) in [5.74, 6) is -0.413. The van der Waals surface area contributed by atoms with Crippen LogP contribution < -0.4 is 4.74 Å². The van der Waals surface area contributed by atoms with E-state index in [2.05, 4.69) is 0 Å². The number of ether oxygens (including phenoxy) is 1. The first-order valence-electron chi connectivity index (χ1n) is 5.01. The molecule has 5 heteroatoms. The van der Waals surface area contributed by atoms with Gasteiger partial charge in [-0.1, -0.05) is 11.6 Å². The van der Waals surface area contributed by atoms with Crippen LogP contribution in [0.5, 0.6) is 5.75 Å². The quantitative estimate of drug-likeness (QED) is 0.674. The van der Waals surface area contributed by atoms with Gasteiger partial charge in [-0.05, 0) is 58.5 Å². The molecule has 2 aromatic rings. The third-order valence-corrected chi connectivity index (χ3v) is 3.48. The maximum Gasteiger partial charge on any atom is 0.133 e. The molecule has 2 aromatic carbocycles. The monoisotopic (exact) mass is 380 g/mol. The predicted octanol–water partition coefficient (Wildman–Crippen LogP) is 4.90. The van der Waals surface area contributed by atoms with Gasteiger partial charge in [0.05, 0.1) is 10.7 Å². The standard InChI is InChI=1S/C13H8ClF2IO/c1-18-13-5-10(11(16)6-12(13)17)7-2-8(14)4-9(15)3-7/h2-6H,1H3. The Hall–Kier alpha value is -0.880. The van der Waals surface area contributed by atoms with Crippen molar-refractivity contribution in [2.75, 3.05) is 7.11 Å². The molecule has 0 amide bonds. The summed E-state index contributed by atoms with van der Waals surface area (Å²) in [5.41, 5.74) is 0.640. The first kappa shape index (κ1) is 13.5. The van der Waals surface area contributed by atoms with E-state index in [9.17, 15) is 8.78 Å². The smallest absolute Gasteiger partial charge is 0.133 e. The van der Waals surface area contributed by atoms with Gasteiger partial charge in [0.2, 0.25) is 0 Å². The van der Waals surface area contributed by atoms with Gasteiger partial charge in [-0.3, -0.25) is 0 Å². The van der Waals surface area contributed by atoms with E-state index in [0.29, 0.717) is 14.9 Å². The Labute approximate surface area is 122 Å². The third-order valence-electron chi connectivity index (χ3n) is 2.42. The lowest BCUT2D eigenvalue weighted by molar-refractivity contribution is 0.411. The van der Waals surface area contributed by atoms with E-state index >= 15 is 0 Å². The van der Waals surface area contributed by atoms with Crippen molar-refractivity contribution in [3.05, 3.63) is 50.6 Å². The molecule has 0 aliphatic heterocycles. The van der Waals surface area contributed by atoms with Crippen molar-refractivity contribution >= 4 is 34.2 Å². The second-order valence-corrected chi connectivity index (χ2v) is 5.22. The highest BCUT2D eigenvalue weighted by molar-refractivity contribution is 14.1. The van der Waals surface area contributed by atoms with E-state index in [-0.39, 0.29) is 10.6 Å². The third kappa shape index (κ3) is 2.75. The van der Waals surface area contributed by atoms with Crippen LogP contribution in [0.15, 0.2) is 30.3 Å². The van der Waals surface area contributed by atoms with E-state index in [0.717, 1.165) is 0 Å². The number of benzene rings is 2. The fraction of sp³-hybridized carbons (Fsp3) is 0.0769.